The maximum atomic E-state index is 11.9. The standard InChI is InChI=1S/C14H17ClN2O3/c15-8-13(18)16-12-6-7-17(9-12)14(19)20-10-11-4-2-1-3-5-11/h1-5,12H,6-10H2,(H,16,18)/t12-/m1/s1. The lowest BCUT2D eigenvalue weighted by Gasteiger charge is -2.16. The van der Waals surface area contributed by atoms with Crippen molar-refractivity contribution in [3.8, 4) is 0 Å². The molecule has 0 bridgehead atoms. The predicted molar refractivity (Wildman–Crippen MR) is 75.5 cm³/mol. The molecule has 1 aromatic rings. The third-order valence-electron chi connectivity index (χ3n) is 3.14. The van der Waals surface area contributed by atoms with E-state index in [9.17, 15) is 9.59 Å². The number of hydrogen-bond donors (Lipinski definition) is 1. The molecule has 0 spiro atoms. The van der Waals surface area contributed by atoms with Crippen molar-refractivity contribution in [2.45, 2.75) is 19.1 Å². The summed E-state index contributed by atoms with van der Waals surface area (Å²) >= 11 is 5.43. The normalized spacial score (nSPS) is 17.9. The van der Waals surface area contributed by atoms with Gasteiger partial charge in [-0.25, -0.2) is 4.79 Å². The smallest absolute Gasteiger partial charge is 0.410 e. The van der Waals surface area contributed by atoms with E-state index in [0.717, 1.165) is 12.0 Å². The largest absolute Gasteiger partial charge is 0.445 e. The summed E-state index contributed by atoms with van der Waals surface area (Å²) in [5, 5.41) is 2.77. The van der Waals surface area contributed by atoms with Crippen molar-refractivity contribution in [3.63, 3.8) is 0 Å². The van der Waals surface area contributed by atoms with Crippen LogP contribution in [0.2, 0.25) is 0 Å². The van der Waals surface area contributed by atoms with Crippen molar-refractivity contribution in [2.75, 3.05) is 19.0 Å². The Hall–Kier alpha value is -1.75. The minimum absolute atomic E-state index is 0.0366. The van der Waals surface area contributed by atoms with Crippen molar-refractivity contribution >= 4 is 23.6 Å². The van der Waals surface area contributed by atoms with Gasteiger partial charge in [-0.2, -0.15) is 0 Å². The molecule has 1 saturated heterocycles. The van der Waals surface area contributed by atoms with Crippen molar-refractivity contribution in [3.05, 3.63) is 35.9 Å². The van der Waals surface area contributed by atoms with Crippen LogP contribution in [0.5, 0.6) is 0 Å². The number of amides is 2. The molecule has 0 aromatic heterocycles. The second-order valence-electron chi connectivity index (χ2n) is 4.67. The minimum Gasteiger partial charge on any atom is -0.445 e. The van der Waals surface area contributed by atoms with E-state index in [4.69, 9.17) is 16.3 Å². The summed E-state index contributed by atoms with van der Waals surface area (Å²) < 4.78 is 5.24. The molecule has 0 unspecified atom stereocenters. The van der Waals surface area contributed by atoms with Gasteiger partial charge in [0.2, 0.25) is 5.91 Å². The number of alkyl halides is 1. The van der Waals surface area contributed by atoms with Crippen molar-refractivity contribution < 1.29 is 14.3 Å². The van der Waals surface area contributed by atoms with Crippen molar-refractivity contribution in [2.24, 2.45) is 0 Å². The van der Waals surface area contributed by atoms with Crippen LogP contribution in [0.3, 0.4) is 0 Å². The Morgan fingerprint density at radius 3 is 2.80 bits per heavy atom. The van der Waals surface area contributed by atoms with Crippen molar-refractivity contribution in [1.29, 1.82) is 0 Å². The van der Waals surface area contributed by atoms with Gasteiger partial charge in [-0.15, -0.1) is 11.6 Å². The third kappa shape index (κ3) is 4.13. The van der Waals surface area contributed by atoms with Crippen molar-refractivity contribution in [1.82, 2.24) is 10.2 Å². The van der Waals surface area contributed by atoms with Crippen LogP contribution in [0.15, 0.2) is 30.3 Å². The first-order valence-electron chi connectivity index (χ1n) is 6.50. The number of nitrogens with one attached hydrogen (secondary N) is 1. The van der Waals surface area contributed by atoms with E-state index >= 15 is 0 Å². The fraction of sp³-hybridized carbons (Fsp3) is 0.429. The summed E-state index contributed by atoms with van der Waals surface area (Å²) in [6.07, 6.45) is 0.375. The molecular formula is C14H17ClN2O3. The van der Waals surface area contributed by atoms with E-state index in [1.165, 1.54) is 0 Å². The molecule has 1 N–H and O–H groups in total. The fourth-order valence-electron chi connectivity index (χ4n) is 2.12. The number of nitrogens with zero attached hydrogens (tertiary/aromatic N) is 1. The van der Waals surface area contributed by atoms with Gasteiger partial charge >= 0.3 is 6.09 Å². The highest BCUT2D eigenvalue weighted by Crippen LogP contribution is 2.12. The maximum Gasteiger partial charge on any atom is 0.410 e. The number of halogens is 1. The Bertz CT molecular complexity index is 467. The molecule has 1 aromatic carbocycles. The van der Waals surface area contributed by atoms with Gasteiger partial charge in [0.25, 0.3) is 0 Å². The molecule has 0 saturated carbocycles. The topological polar surface area (TPSA) is 58.6 Å². The molecule has 1 atom stereocenters. The Kier molecular flexibility index (Phi) is 5.24. The molecule has 1 aliphatic heterocycles. The molecular weight excluding hydrogens is 280 g/mol. The Morgan fingerprint density at radius 2 is 2.10 bits per heavy atom. The lowest BCUT2D eigenvalue weighted by Crippen LogP contribution is -2.39. The zero-order valence-corrected chi connectivity index (χ0v) is 11.8. The number of ether oxygens (including phenoxy) is 1. The van der Waals surface area contributed by atoms with E-state index < -0.39 is 0 Å². The molecule has 2 rings (SSSR count). The van der Waals surface area contributed by atoms with Crippen LogP contribution < -0.4 is 5.32 Å². The van der Waals surface area contributed by atoms with Gasteiger partial charge in [-0.3, -0.25) is 4.79 Å². The predicted octanol–water partition coefficient (Wildman–Crippen LogP) is 1.75. The molecule has 1 heterocycles. The molecule has 1 fully saturated rings. The molecule has 108 valence electrons. The van der Waals surface area contributed by atoms with Crippen LogP contribution in [-0.2, 0) is 16.1 Å². The van der Waals surface area contributed by atoms with E-state index in [1.54, 1.807) is 4.90 Å². The van der Waals surface area contributed by atoms with Gasteiger partial charge in [0, 0.05) is 19.1 Å². The Balaban J connectivity index is 1.75. The summed E-state index contributed by atoms with van der Waals surface area (Å²) in [4.78, 5) is 24.7. The minimum atomic E-state index is -0.350. The van der Waals surface area contributed by atoms with Gasteiger partial charge in [0.15, 0.2) is 0 Å². The number of benzene rings is 1. The van der Waals surface area contributed by atoms with Crippen LogP contribution in [-0.4, -0.2) is 41.9 Å². The third-order valence-corrected chi connectivity index (χ3v) is 3.38. The molecule has 6 heteroatoms. The highest BCUT2D eigenvalue weighted by molar-refractivity contribution is 6.27. The lowest BCUT2D eigenvalue weighted by atomic mass is 10.2. The monoisotopic (exact) mass is 296 g/mol. The highest BCUT2D eigenvalue weighted by atomic mass is 35.5. The SMILES string of the molecule is O=C(CCl)N[C@@H]1CCN(C(=O)OCc2ccccc2)C1. The first-order valence-corrected chi connectivity index (χ1v) is 7.03. The molecule has 5 nitrogen and oxygen atoms in total. The summed E-state index contributed by atoms with van der Waals surface area (Å²) in [7, 11) is 0. The van der Waals surface area contributed by atoms with Crippen LogP contribution in [0.1, 0.15) is 12.0 Å². The summed E-state index contributed by atoms with van der Waals surface area (Å²) in [6, 6.07) is 9.48. The quantitative estimate of drug-likeness (QED) is 0.861. The zero-order valence-electron chi connectivity index (χ0n) is 11.0. The van der Waals surface area contributed by atoms with E-state index in [1.807, 2.05) is 30.3 Å². The first-order chi connectivity index (χ1) is 9.69. The average Bonchev–Trinajstić information content (AvgIpc) is 2.94. The van der Waals surface area contributed by atoms with E-state index in [0.29, 0.717) is 13.1 Å². The molecule has 0 radical (unpaired) electrons. The number of carbonyl (C=O) groups is 2. The number of hydrogen-bond acceptors (Lipinski definition) is 3. The maximum absolute atomic E-state index is 11.9. The summed E-state index contributed by atoms with van der Waals surface area (Å²) in [5.41, 5.74) is 0.951. The van der Waals surface area contributed by atoms with Gasteiger partial charge in [0.1, 0.15) is 12.5 Å². The van der Waals surface area contributed by atoms with E-state index in [2.05, 4.69) is 5.32 Å². The van der Waals surface area contributed by atoms with Crippen LogP contribution >= 0.6 is 11.6 Å². The fourth-order valence-corrected chi connectivity index (χ4v) is 2.20. The zero-order chi connectivity index (χ0) is 14.4. The van der Waals surface area contributed by atoms with Crippen LogP contribution in [0.25, 0.3) is 0 Å². The van der Waals surface area contributed by atoms with Gasteiger partial charge in [-0.1, -0.05) is 30.3 Å². The van der Waals surface area contributed by atoms with E-state index in [-0.39, 0.29) is 30.5 Å². The molecule has 1 aliphatic rings. The Labute approximate surface area is 122 Å². The number of likely N-dealkylation sites (tertiary alicyclic amines) is 1. The number of carbonyl (C=O) groups excluding carboxylic acids is 2. The van der Waals surface area contributed by atoms with Gasteiger partial charge < -0.3 is 15.0 Å². The summed E-state index contributed by atoms with van der Waals surface area (Å²) in [5.74, 6) is -0.272. The summed E-state index contributed by atoms with van der Waals surface area (Å²) in [6.45, 7) is 1.31. The number of rotatable bonds is 4. The van der Waals surface area contributed by atoms with Crippen LogP contribution in [0.4, 0.5) is 4.79 Å². The average molecular weight is 297 g/mol. The molecule has 0 aliphatic carbocycles. The highest BCUT2D eigenvalue weighted by Gasteiger charge is 2.28. The second kappa shape index (κ2) is 7.14. The molecule has 20 heavy (non-hydrogen) atoms. The lowest BCUT2D eigenvalue weighted by molar-refractivity contribution is -0.119. The first kappa shape index (κ1) is 14.7. The van der Waals surface area contributed by atoms with Gasteiger partial charge in [0.05, 0.1) is 0 Å². The van der Waals surface area contributed by atoms with Crippen LogP contribution in [0, 0.1) is 0 Å². The second-order valence-corrected chi connectivity index (χ2v) is 4.94. The molecule has 2 amide bonds. The Morgan fingerprint density at radius 1 is 1.35 bits per heavy atom. The van der Waals surface area contributed by atoms with Gasteiger partial charge in [-0.05, 0) is 12.0 Å².